The molecule has 2 aromatic carbocycles. The first-order valence-electron chi connectivity index (χ1n) is 7.83. The molecule has 0 aliphatic carbocycles. The van der Waals surface area contributed by atoms with Crippen molar-refractivity contribution in [1.29, 1.82) is 0 Å². The lowest BCUT2D eigenvalue weighted by Gasteiger charge is -2.21. The van der Waals surface area contributed by atoms with E-state index in [1.807, 2.05) is 31.2 Å². The van der Waals surface area contributed by atoms with Crippen LogP contribution in [-0.2, 0) is 6.61 Å². The Balaban J connectivity index is 1.93. The minimum absolute atomic E-state index is 0.0886. The standard InChI is InChI=1S/C19H17NO4/c1-11-6-13(7-12-2-3-18(22)20-19(11)12)15-9-17-16(8-14(15)10-21)23-4-5-24-17/h2-3,6-9,21H,4-5,10H2,1H3,(H,20,22). The molecular formula is C19H17NO4. The Morgan fingerprint density at radius 2 is 1.83 bits per heavy atom. The van der Waals surface area contributed by atoms with Crippen molar-refractivity contribution in [2.75, 3.05) is 13.2 Å². The van der Waals surface area contributed by atoms with E-state index in [-0.39, 0.29) is 12.2 Å². The van der Waals surface area contributed by atoms with E-state index >= 15 is 0 Å². The van der Waals surface area contributed by atoms with Crippen LogP contribution in [0.3, 0.4) is 0 Å². The molecule has 5 nitrogen and oxygen atoms in total. The maximum absolute atomic E-state index is 11.5. The molecule has 122 valence electrons. The van der Waals surface area contributed by atoms with E-state index < -0.39 is 0 Å². The molecule has 5 heteroatoms. The summed E-state index contributed by atoms with van der Waals surface area (Å²) in [7, 11) is 0. The summed E-state index contributed by atoms with van der Waals surface area (Å²) in [4.78, 5) is 14.4. The Bertz CT molecular complexity index is 991. The molecule has 4 rings (SSSR count). The molecule has 1 aromatic heterocycles. The quantitative estimate of drug-likeness (QED) is 0.761. The van der Waals surface area contributed by atoms with E-state index in [9.17, 15) is 9.90 Å². The van der Waals surface area contributed by atoms with Crippen LogP contribution in [0.5, 0.6) is 11.5 Å². The molecular weight excluding hydrogens is 306 g/mol. The molecule has 0 fully saturated rings. The van der Waals surface area contributed by atoms with Gasteiger partial charge in [0.15, 0.2) is 11.5 Å². The van der Waals surface area contributed by atoms with Crippen LogP contribution in [-0.4, -0.2) is 23.3 Å². The maximum Gasteiger partial charge on any atom is 0.248 e. The van der Waals surface area contributed by atoms with E-state index in [1.165, 1.54) is 6.07 Å². The lowest BCUT2D eigenvalue weighted by molar-refractivity contribution is 0.171. The molecule has 0 atom stereocenters. The number of aliphatic hydroxyl groups is 1. The Labute approximate surface area is 138 Å². The number of benzene rings is 2. The maximum atomic E-state index is 11.5. The molecule has 0 spiro atoms. The van der Waals surface area contributed by atoms with E-state index in [2.05, 4.69) is 4.98 Å². The van der Waals surface area contributed by atoms with Gasteiger partial charge in [0.2, 0.25) is 5.56 Å². The van der Waals surface area contributed by atoms with Crippen molar-refractivity contribution in [3.05, 3.63) is 57.9 Å². The fourth-order valence-electron chi connectivity index (χ4n) is 3.13. The predicted octanol–water partition coefficient (Wildman–Crippen LogP) is 2.77. The number of pyridine rings is 1. The number of aromatic amines is 1. The van der Waals surface area contributed by atoms with Crippen LogP contribution >= 0.6 is 0 Å². The number of hydrogen-bond acceptors (Lipinski definition) is 4. The van der Waals surface area contributed by atoms with Crippen LogP contribution in [0.25, 0.3) is 22.0 Å². The number of rotatable bonds is 2. The SMILES string of the molecule is Cc1cc(-c2cc3c(cc2CO)OCCO3)cc2ccc(=O)[nH]c12. The lowest BCUT2D eigenvalue weighted by atomic mass is 9.95. The molecule has 2 N–H and O–H groups in total. The molecule has 0 saturated heterocycles. The average molecular weight is 323 g/mol. The van der Waals surface area contributed by atoms with Gasteiger partial charge in [-0.3, -0.25) is 4.79 Å². The third-order valence-corrected chi connectivity index (χ3v) is 4.28. The summed E-state index contributed by atoms with van der Waals surface area (Å²) in [5.41, 5.74) is 4.33. The summed E-state index contributed by atoms with van der Waals surface area (Å²) in [5.74, 6) is 1.35. The summed E-state index contributed by atoms with van der Waals surface area (Å²) in [5, 5.41) is 10.7. The van der Waals surface area contributed by atoms with Crippen molar-refractivity contribution in [1.82, 2.24) is 4.98 Å². The number of aliphatic hydroxyl groups excluding tert-OH is 1. The number of ether oxygens (including phenoxy) is 2. The van der Waals surface area contributed by atoms with E-state index in [1.54, 1.807) is 6.07 Å². The Morgan fingerprint density at radius 3 is 2.58 bits per heavy atom. The van der Waals surface area contributed by atoms with Gasteiger partial charge in [-0.25, -0.2) is 0 Å². The second-order valence-electron chi connectivity index (χ2n) is 5.89. The van der Waals surface area contributed by atoms with Crippen LogP contribution < -0.4 is 15.0 Å². The second-order valence-corrected chi connectivity index (χ2v) is 5.89. The Morgan fingerprint density at radius 1 is 1.08 bits per heavy atom. The van der Waals surface area contributed by atoms with Gasteiger partial charge in [0, 0.05) is 6.07 Å². The van der Waals surface area contributed by atoms with Gasteiger partial charge in [0.05, 0.1) is 12.1 Å². The van der Waals surface area contributed by atoms with Crippen LogP contribution in [0.4, 0.5) is 0 Å². The van der Waals surface area contributed by atoms with Crippen molar-refractivity contribution in [3.63, 3.8) is 0 Å². The highest BCUT2D eigenvalue weighted by atomic mass is 16.6. The zero-order valence-corrected chi connectivity index (χ0v) is 13.3. The van der Waals surface area contributed by atoms with Gasteiger partial charge in [-0.05, 0) is 64.9 Å². The number of aryl methyl sites for hydroxylation is 1. The third kappa shape index (κ3) is 2.43. The number of aromatic nitrogens is 1. The topological polar surface area (TPSA) is 71.5 Å². The summed E-state index contributed by atoms with van der Waals surface area (Å²) >= 11 is 0. The Hall–Kier alpha value is -2.79. The van der Waals surface area contributed by atoms with E-state index in [0.717, 1.165) is 33.2 Å². The van der Waals surface area contributed by atoms with E-state index in [0.29, 0.717) is 24.7 Å². The second kappa shape index (κ2) is 5.69. The van der Waals surface area contributed by atoms with Gasteiger partial charge in [-0.1, -0.05) is 0 Å². The molecule has 1 aliphatic heterocycles. The summed E-state index contributed by atoms with van der Waals surface area (Å²) in [6.07, 6.45) is 0. The summed E-state index contributed by atoms with van der Waals surface area (Å²) in [6, 6.07) is 11.1. The van der Waals surface area contributed by atoms with Crippen molar-refractivity contribution in [3.8, 4) is 22.6 Å². The van der Waals surface area contributed by atoms with Gasteiger partial charge in [-0.2, -0.15) is 0 Å². The van der Waals surface area contributed by atoms with Crippen molar-refractivity contribution in [2.45, 2.75) is 13.5 Å². The van der Waals surface area contributed by atoms with Gasteiger partial charge in [0.1, 0.15) is 13.2 Å². The fourth-order valence-corrected chi connectivity index (χ4v) is 3.13. The zero-order chi connectivity index (χ0) is 16.7. The highest BCUT2D eigenvalue weighted by molar-refractivity contribution is 5.88. The smallest absolute Gasteiger partial charge is 0.248 e. The minimum atomic E-state index is -0.117. The molecule has 24 heavy (non-hydrogen) atoms. The van der Waals surface area contributed by atoms with E-state index in [4.69, 9.17) is 9.47 Å². The van der Waals surface area contributed by atoms with Crippen LogP contribution in [0.2, 0.25) is 0 Å². The predicted molar refractivity (Wildman–Crippen MR) is 91.7 cm³/mol. The number of nitrogens with one attached hydrogen (secondary N) is 1. The number of hydrogen-bond donors (Lipinski definition) is 2. The van der Waals surface area contributed by atoms with Gasteiger partial charge < -0.3 is 19.6 Å². The van der Waals surface area contributed by atoms with Crippen molar-refractivity contribution >= 4 is 10.9 Å². The minimum Gasteiger partial charge on any atom is -0.486 e. The first kappa shape index (κ1) is 14.8. The fraction of sp³-hybridized carbons (Fsp3) is 0.211. The van der Waals surface area contributed by atoms with Crippen LogP contribution in [0, 0.1) is 6.92 Å². The van der Waals surface area contributed by atoms with Crippen molar-refractivity contribution in [2.24, 2.45) is 0 Å². The first-order chi connectivity index (χ1) is 11.7. The van der Waals surface area contributed by atoms with Crippen molar-refractivity contribution < 1.29 is 14.6 Å². The molecule has 1 aliphatic rings. The number of fused-ring (bicyclic) bond motifs is 2. The lowest BCUT2D eigenvalue weighted by Crippen LogP contribution is -2.15. The van der Waals surface area contributed by atoms with Crippen LogP contribution in [0.1, 0.15) is 11.1 Å². The molecule has 3 aromatic rings. The molecule has 0 unspecified atom stereocenters. The molecule has 0 amide bonds. The van der Waals surface area contributed by atoms with Gasteiger partial charge in [0.25, 0.3) is 0 Å². The highest BCUT2D eigenvalue weighted by Gasteiger charge is 2.17. The molecule has 0 bridgehead atoms. The third-order valence-electron chi connectivity index (χ3n) is 4.28. The molecule has 0 radical (unpaired) electrons. The zero-order valence-electron chi connectivity index (χ0n) is 13.3. The molecule has 2 heterocycles. The van der Waals surface area contributed by atoms with Gasteiger partial charge >= 0.3 is 0 Å². The number of H-pyrrole nitrogens is 1. The molecule has 0 saturated carbocycles. The summed E-state index contributed by atoms with van der Waals surface area (Å²) < 4.78 is 11.3. The monoisotopic (exact) mass is 323 g/mol. The largest absolute Gasteiger partial charge is 0.486 e. The Kier molecular flexibility index (Phi) is 3.50. The highest BCUT2D eigenvalue weighted by Crippen LogP contribution is 2.38. The average Bonchev–Trinajstić information content (AvgIpc) is 2.61. The normalized spacial score (nSPS) is 13.2. The van der Waals surface area contributed by atoms with Gasteiger partial charge in [-0.15, -0.1) is 0 Å². The van der Waals surface area contributed by atoms with Crippen LogP contribution in [0.15, 0.2) is 41.2 Å². The summed E-state index contributed by atoms with van der Waals surface area (Å²) in [6.45, 7) is 2.90. The first-order valence-corrected chi connectivity index (χ1v) is 7.83.